The smallest absolute Gasteiger partial charge is 0.133 e. The van der Waals surface area contributed by atoms with Crippen LogP contribution in [-0.4, -0.2) is 9.97 Å². The Morgan fingerprint density at radius 2 is 1.93 bits per heavy atom. The minimum atomic E-state index is 0.450. The van der Waals surface area contributed by atoms with Gasteiger partial charge in [0, 0.05) is 16.1 Å². The van der Waals surface area contributed by atoms with Gasteiger partial charge in [-0.15, -0.1) is 0 Å². The van der Waals surface area contributed by atoms with Crippen LogP contribution in [0.15, 0.2) is 41.1 Å². The van der Waals surface area contributed by atoms with E-state index in [9.17, 15) is 0 Å². The molecule has 0 radical (unpaired) electrons. The molecule has 2 nitrogen and oxygen atoms in total. The first-order chi connectivity index (χ1) is 6.77. The summed E-state index contributed by atoms with van der Waals surface area (Å²) in [5, 5.41) is 0.450. The van der Waals surface area contributed by atoms with Crippen molar-refractivity contribution in [2.45, 2.75) is 0 Å². The minimum Gasteiger partial charge on any atom is -0.236 e. The average Bonchev–Trinajstić information content (AvgIpc) is 2.18. The summed E-state index contributed by atoms with van der Waals surface area (Å²) >= 11 is 9.23. The van der Waals surface area contributed by atoms with E-state index < -0.39 is 0 Å². The third-order valence-electron chi connectivity index (χ3n) is 1.78. The maximum Gasteiger partial charge on any atom is 0.133 e. The summed E-state index contributed by atoms with van der Waals surface area (Å²) in [4.78, 5) is 7.98. The van der Waals surface area contributed by atoms with E-state index in [2.05, 4.69) is 25.9 Å². The number of hydrogen-bond acceptors (Lipinski definition) is 2. The highest BCUT2D eigenvalue weighted by Crippen LogP contribution is 2.26. The van der Waals surface area contributed by atoms with E-state index in [4.69, 9.17) is 11.6 Å². The SMILES string of the molecule is Clc1cc(-c2ccccc2Br)ncn1. The van der Waals surface area contributed by atoms with Crippen molar-refractivity contribution >= 4 is 27.5 Å². The molecule has 0 N–H and O–H groups in total. The molecule has 4 heteroatoms. The lowest BCUT2D eigenvalue weighted by Gasteiger charge is -2.02. The van der Waals surface area contributed by atoms with E-state index in [-0.39, 0.29) is 0 Å². The Hall–Kier alpha value is -0.930. The number of aromatic nitrogens is 2. The third-order valence-corrected chi connectivity index (χ3v) is 2.68. The summed E-state index contributed by atoms with van der Waals surface area (Å²) in [6.45, 7) is 0. The Balaban J connectivity index is 2.55. The van der Waals surface area contributed by atoms with Gasteiger partial charge in [-0.05, 0) is 6.07 Å². The fourth-order valence-electron chi connectivity index (χ4n) is 1.15. The summed E-state index contributed by atoms with van der Waals surface area (Å²) in [5.74, 6) is 0. The summed E-state index contributed by atoms with van der Waals surface area (Å²) in [6.07, 6.45) is 1.46. The lowest BCUT2D eigenvalue weighted by atomic mass is 10.1. The van der Waals surface area contributed by atoms with Crippen molar-refractivity contribution in [2.24, 2.45) is 0 Å². The lowest BCUT2D eigenvalue weighted by Crippen LogP contribution is -1.86. The second-order valence-corrected chi connectivity index (χ2v) is 3.95. The molecule has 0 amide bonds. The van der Waals surface area contributed by atoms with Gasteiger partial charge in [0.2, 0.25) is 0 Å². The monoisotopic (exact) mass is 268 g/mol. The van der Waals surface area contributed by atoms with Crippen LogP contribution in [0.2, 0.25) is 5.15 Å². The number of rotatable bonds is 1. The zero-order valence-corrected chi connectivity index (χ0v) is 9.46. The van der Waals surface area contributed by atoms with Crippen molar-refractivity contribution < 1.29 is 0 Å². The molecule has 0 aliphatic rings. The lowest BCUT2D eigenvalue weighted by molar-refractivity contribution is 1.17. The highest BCUT2D eigenvalue weighted by atomic mass is 79.9. The van der Waals surface area contributed by atoms with Crippen LogP contribution in [0.4, 0.5) is 0 Å². The molecule has 1 heterocycles. The molecular weight excluding hydrogens is 263 g/mol. The maximum atomic E-state index is 5.78. The topological polar surface area (TPSA) is 25.8 Å². The van der Waals surface area contributed by atoms with E-state index in [1.54, 1.807) is 6.07 Å². The number of nitrogens with zero attached hydrogens (tertiary/aromatic N) is 2. The van der Waals surface area contributed by atoms with Crippen molar-refractivity contribution in [2.75, 3.05) is 0 Å². The van der Waals surface area contributed by atoms with Crippen LogP contribution < -0.4 is 0 Å². The van der Waals surface area contributed by atoms with Crippen LogP contribution in [0, 0.1) is 0 Å². The molecule has 0 spiro atoms. The number of benzene rings is 1. The highest BCUT2D eigenvalue weighted by molar-refractivity contribution is 9.10. The van der Waals surface area contributed by atoms with Crippen LogP contribution in [0.1, 0.15) is 0 Å². The maximum absolute atomic E-state index is 5.78. The predicted molar refractivity (Wildman–Crippen MR) is 60.2 cm³/mol. The zero-order valence-electron chi connectivity index (χ0n) is 7.11. The van der Waals surface area contributed by atoms with Gasteiger partial charge in [-0.3, -0.25) is 0 Å². The Kier molecular flexibility index (Phi) is 2.79. The zero-order chi connectivity index (χ0) is 9.97. The number of halogens is 2. The van der Waals surface area contributed by atoms with E-state index in [1.807, 2.05) is 24.3 Å². The van der Waals surface area contributed by atoms with Gasteiger partial charge in [0.25, 0.3) is 0 Å². The van der Waals surface area contributed by atoms with E-state index in [0.29, 0.717) is 5.15 Å². The molecule has 0 saturated heterocycles. The van der Waals surface area contributed by atoms with Crippen molar-refractivity contribution in [3.05, 3.63) is 46.3 Å². The van der Waals surface area contributed by atoms with Gasteiger partial charge in [-0.2, -0.15) is 0 Å². The molecule has 0 fully saturated rings. The second kappa shape index (κ2) is 4.07. The fraction of sp³-hybridized carbons (Fsp3) is 0. The van der Waals surface area contributed by atoms with E-state index in [1.165, 1.54) is 6.33 Å². The molecule has 1 aromatic heterocycles. The summed E-state index contributed by atoms with van der Waals surface area (Å²) in [7, 11) is 0. The van der Waals surface area contributed by atoms with Crippen LogP contribution in [-0.2, 0) is 0 Å². The van der Waals surface area contributed by atoms with Crippen LogP contribution in [0.25, 0.3) is 11.3 Å². The largest absolute Gasteiger partial charge is 0.236 e. The summed E-state index contributed by atoms with van der Waals surface area (Å²) < 4.78 is 0.995. The van der Waals surface area contributed by atoms with Gasteiger partial charge in [0.05, 0.1) is 5.69 Å². The highest BCUT2D eigenvalue weighted by Gasteiger charge is 2.03. The van der Waals surface area contributed by atoms with Gasteiger partial charge in [0.15, 0.2) is 0 Å². The van der Waals surface area contributed by atoms with Gasteiger partial charge < -0.3 is 0 Å². The molecule has 2 aromatic rings. The molecule has 0 aliphatic carbocycles. The summed E-state index contributed by atoms with van der Waals surface area (Å²) in [6, 6.07) is 9.59. The van der Waals surface area contributed by atoms with Crippen molar-refractivity contribution in [1.29, 1.82) is 0 Å². The van der Waals surface area contributed by atoms with E-state index >= 15 is 0 Å². The van der Waals surface area contributed by atoms with Crippen LogP contribution >= 0.6 is 27.5 Å². The molecule has 0 aliphatic heterocycles. The minimum absolute atomic E-state index is 0.450. The quantitative estimate of drug-likeness (QED) is 0.740. The first-order valence-electron chi connectivity index (χ1n) is 4.00. The molecule has 2 rings (SSSR count). The van der Waals surface area contributed by atoms with Crippen molar-refractivity contribution in [1.82, 2.24) is 9.97 Å². The average molecular weight is 270 g/mol. The predicted octanol–water partition coefficient (Wildman–Crippen LogP) is 3.56. The fourth-order valence-corrected chi connectivity index (χ4v) is 1.78. The molecule has 0 saturated carbocycles. The Morgan fingerprint density at radius 3 is 2.64 bits per heavy atom. The first kappa shape index (κ1) is 9.62. The van der Waals surface area contributed by atoms with Crippen molar-refractivity contribution in [3.63, 3.8) is 0 Å². The van der Waals surface area contributed by atoms with E-state index in [0.717, 1.165) is 15.7 Å². The first-order valence-corrected chi connectivity index (χ1v) is 5.17. The van der Waals surface area contributed by atoms with Gasteiger partial charge in [-0.1, -0.05) is 45.7 Å². The van der Waals surface area contributed by atoms with Gasteiger partial charge >= 0.3 is 0 Å². The molecule has 14 heavy (non-hydrogen) atoms. The van der Waals surface area contributed by atoms with Gasteiger partial charge in [-0.25, -0.2) is 9.97 Å². The summed E-state index contributed by atoms with van der Waals surface area (Å²) in [5.41, 5.74) is 1.83. The standard InChI is InChI=1S/C10H6BrClN2/c11-8-4-2-1-3-7(8)9-5-10(12)14-6-13-9/h1-6H. The van der Waals surface area contributed by atoms with Crippen LogP contribution in [0.3, 0.4) is 0 Å². The Labute approximate surface area is 95.1 Å². The third kappa shape index (κ3) is 1.94. The Bertz CT molecular complexity index is 459. The molecule has 0 bridgehead atoms. The molecule has 0 atom stereocenters. The number of hydrogen-bond donors (Lipinski definition) is 0. The van der Waals surface area contributed by atoms with Crippen molar-refractivity contribution in [3.8, 4) is 11.3 Å². The molecule has 1 aromatic carbocycles. The normalized spacial score (nSPS) is 10.1. The molecule has 0 unspecified atom stereocenters. The Morgan fingerprint density at radius 1 is 1.14 bits per heavy atom. The molecule has 70 valence electrons. The second-order valence-electron chi connectivity index (χ2n) is 2.71. The van der Waals surface area contributed by atoms with Gasteiger partial charge in [0.1, 0.15) is 11.5 Å². The molecular formula is C10H6BrClN2. The van der Waals surface area contributed by atoms with Crippen LogP contribution in [0.5, 0.6) is 0 Å².